The van der Waals surface area contributed by atoms with Crippen LogP contribution >= 0.6 is 11.6 Å². The van der Waals surface area contributed by atoms with Crippen molar-refractivity contribution in [2.75, 3.05) is 7.11 Å². The van der Waals surface area contributed by atoms with Crippen molar-refractivity contribution in [3.8, 4) is 5.75 Å². The highest BCUT2D eigenvalue weighted by Crippen LogP contribution is 2.34. The van der Waals surface area contributed by atoms with Crippen LogP contribution in [0.5, 0.6) is 5.75 Å². The predicted molar refractivity (Wildman–Crippen MR) is 55.3 cm³/mol. The molecule has 0 bridgehead atoms. The first kappa shape index (κ1) is 11.3. The highest BCUT2D eigenvalue weighted by atomic mass is 35.5. The number of halogens is 2. The Morgan fingerprint density at radius 2 is 2.14 bits per heavy atom. The normalized spacial score (nSPS) is 12.7. The number of methoxy groups -OCH3 is 1. The van der Waals surface area contributed by atoms with Gasteiger partial charge >= 0.3 is 0 Å². The molecule has 2 nitrogen and oxygen atoms in total. The largest absolute Gasteiger partial charge is 0.493 e. The van der Waals surface area contributed by atoms with Crippen LogP contribution in [-0.2, 0) is 0 Å². The van der Waals surface area contributed by atoms with E-state index in [1.54, 1.807) is 13.8 Å². The smallest absolute Gasteiger partial charge is 0.166 e. The summed E-state index contributed by atoms with van der Waals surface area (Å²) in [4.78, 5) is 0. The van der Waals surface area contributed by atoms with Gasteiger partial charge in [-0.1, -0.05) is 11.6 Å². The maximum Gasteiger partial charge on any atom is 0.166 e. The lowest BCUT2D eigenvalue weighted by atomic mass is 10.0. The first-order valence-corrected chi connectivity index (χ1v) is 4.65. The van der Waals surface area contributed by atoms with Gasteiger partial charge in [0, 0.05) is 16.6 Å². The van der Waals surface area contributed by atoms with Gasteiger partial charge in [0.15, 0.2) is 11.6 Å². The average molecular weight is 218 g/mol. The molecular formula is C10H13ClFNO. The Hall–Kier alpha value is -0.800. The molecule has 0 aliphatic carbocycles. The van der Waals surface area contributed by atoms with Gasteiger partial charge in [0.05, 0.1) is 7.11 Å². The molecule has 1 atom stereocenters. The second-order valence-electron chi connectivity index (χ2n) is 3.20. The van der Waals surface area contributed by atoms with Crippen molar-refractivity contribution in [2.24, 2.45) is 5.73 Å². The Balaban J connectivity index is 3.48. The van der Waals surface area contributed by atoms with Gasteiger partial charge in [0.2, 0.25) is 0 Å². The minimum absolute atomic E-state index is 0.182. The van der Waals surface area contributed by atoms with Gasteiger partial charge in [-0.3, -0.25) is 0 Å². The number of ether oxygens (including phenoxy) is 1. The Labute approximate surface area is 87.8 Å². The third kappa shape index (κ3) is 1.83. The van der Waals surface area contributed by atoms with Crippen molar-refractivity contribution in [2.45, 2.75) is 19.9 Å². The lowest BCUT2D eigenvalue weighted by Crippen LogP contribution is -2.10. The zero-order chi connectivity index (χ0) is 10.9. The second-order valence-corrected chi connectivity index (χ2v) is 3.61. The van der Waals surface area contributed by atoms with Crippen LogP contribution in [0.25, 0.3) is 0 Å². The van der Waals surface area contributed by atoms with Gasteiger partial charge in [0.25, 0.3) is 0 Å². The van der Waals surface area contributed by atoms with Crippen LogP contribution < -0.4 is 10.5 Å². The summed E-state index contributed by atoms with van der Waals surface area (Å²) < 4.78 is 18.3. The molecule has 1 unspecified atom stereocenters. The van der Waals surface area contributed by atoms with Crippen LogP contribution in [0.2, 0.25) is 5.02 Å². The molecule has 2 N–H and O–H groups in total. The summed E-state index contributed by atoms with van der Waals surface area (Å²) in [5.74, 6) is -0.294. The van der Waals surface area contributed by atoms with Crippen LogP contribution in [0.15, 0.2) is 6.07 Å². The molecule has 0 aromatic heterocycles. The van der Waals surface area contributed by atoms with E-state index in [1.165, 1.54) is 13.2 Å². The SMILES string of the molecule is COc1c(F)cc(Cl)c(C)c1C(C)N. The van der Waals surface area contributed by atoms with E-state index in [0.717, 1.165) is 5.56 Å². The van der Waals surface area contributed by atoms with E-state index < -0.39 is 5.82 Å². The zero-order valence-corrected chi connectivity index (χ0v) is 9.15. The predicted octanol–water partition coefficient (Wildman–Crippen LogP) is 2.82. The summed E-state index contributed by atoms with van der Waals surface area (Å²) in [7, 11) is 1.41. The number of benzene rings is 1. The monoisotopic (exact) mass is 217 g/mol. The van der Waals surface area contributed by atoms with Crippen LogP contribution in [-0.4, -0.2) is 7.11 Å². The van der Waals surface area contributed by atoms with E-state index >= 15 is 0 Å². The number of nitrogens with two attached hydrogens (primary N) is 1. The molecular weight excluding hydrogens is 205 g/mol. The maximum absolute atomic E-state index is 13.4. The number of hydrogen-bond acceptors (Lipinski definition) is 2. The van der Waals surface area contributed by atoms with E-state index in [0.29, 0.717) is 10.6 Å². The fourth-order valence-corrected chi connectivity index (χ4v) is 1.67. The number of hydrogen-bond donors (Lipinski definition) is 1. The number of rotatable bonds is 2. The van der Waals surface area contributed by atoms with Gasteiger partial charge in [-0.25, -0.2) is 4.39 Å². The van der Waals surface area contributed by atoms with Crippen molar-refractivity contribution in [1.29, 1.82) is 0 Å². The fraction of sp³-hybridized carbons (Fsp3) is 0.400. The summed E-state index contributed by atoms with van der Waals surface area (Å²) in [6.07, 6.45) is 0. The zero-order valence-electron chi connectivity index (χ0n) is 8.40. The molecule has 0 spiro atoms. The quantitative estimate of drug-likeness (QED) is 0.827. The molecule has 0 aliphatic heterocycles. The lowest BCUT2D eigenvalue weighted by Gasteiger charge is -2.16. The second kappa shape index (κ2) is 4.15. The highest BCUT2D eigenvalue weighted by Gasteiger charge is 2.18. The molecule has 1 aromatic rings. The van der Waals surface area contributed by atoms with E-state index in [1.807, 2.05) is 0 Å². The van der Waals surface area contributed by atoms with Crippen LogP contribution in [0.3, 0.4) is 0 Å². The minimum atomic E-state index is -0.476. The minimum Gasteiger partial charge on any atom is -0.493 e. The molecule has 0 saturated carbocycles. The molecule has 0 fully saturated rings. The van der Waals surface area contributed by atoms with E-state index in [4.69, 9.17) is 22.1 Å². The van der Waals surface area contributed by atoms with Gasteiger partial charge in [-0.2, -0.15) is 0 Å². The third-order valence-electron chi connectivity index (χ3n) is 2.14. The van der Waals surface area contributed by atoms with E-state index in [-0.39, 0.29) is 11.8 Å². The molecule has 14 heavy (non-hydrogen) atoms. The molecule has 0 heterocycles. The van der Waals surface area contributed by atoms with Crippen molar-refractivity contribution in [3.63, 3.8) is 0 Å². The van der Waals surface area contributed by atoms with Crippen molar-refractivity contribution < 1.29 is 9.13 Å². The van der Waals surface area contributed by atoms with E-state index in [2.05, 4.69) is 0 Å². The van der Waals surface area contributed by atoms with Gasteiger partial charge in [-0.15, -0.1) is 0 Å². The molecule has 0 amide bonds. The molecule has 1 aromatic carbocycles. The van der Waals surface area contributed by atoms with E-state index in [9.17, 15) is 4.39 Å². The highest BCUT2D eigenvalue weighted by molar-refractivity contribution is 6.31. The van der Waals surface area contributed by atoms with Crippen LogP contribution in [0, 0.1) is 12.7 Å². The van der Waals surface area contributed by atoms with Gasteiger partial charge in [0.1, 0.15) is 0 Å². The molecule has 4 heteroatoms. The van der Waals surface area contributed by atoms with Crippen molar-refractivity contribution in [3.05, 3.63) is 28.0 Å². The summed E-state index contributed by atoms with van der Waals surface area (Å²) in [6, 6.07) is 0.930. The average Bonchev–Trinajstić information content (AvgIpc) is 2.10. The Bertz CT molecular complexity index is 352. The molecule has 1 rings (SSSR count). The topological polar surface area (TPSA) is 35.2 Å². The third-order valence-corrected chi connectivity index (χ3v) is 2.53. The Morgan fingerprint density at radius 1 is 1.57 bits per heavy atom. The van der Waals surface area contributed by atoms with Crippen LogP contribution in [0.4, 0.5) is 4.39 Å². The summed E-state index contributed by atoms with van der Waals surface area (Å²) in [5, 5.41) is 0.371. The molecule has 0 radical (unpaired) electrons. The van der Waals surface area contributed by atoms with Gasteiger partial charge in [-0.05, 0) is 25.5 Å². The Morgan fingerprint density at radius 3 is 2.57 bits per heavy atom. The fourth-order valence-electron chi connectivity index (χ4n) is 1.47. The summed E-state index contributed by atoms with van der Waals surface area (Å²) >= 11 is 5.84. The molecule has 0 aliphatic rings. The first-order valence-electron chi connectivity index (χ1n) is 4.27. The van der Waals surface area contributed by atoms with Crippen LogP contribution in [0.1, 0.15) is 24.1 Å². The standard InChI is InChI=1S/C10H13ClFNO/c1-5-7(11)4-8(12)10(14-3)9(5)6(2)13/h4,6H,13H2,1-3H3. The lowest BCUT2D eigenvalue weighted by molar-refractivity contribution is 0.378. The summed E-state index contributed by atoms with van der Waals surface area (Å²) in [5.41, 5.74) is 7.11. The summed E-state index contributed by atoms with van der Waals surface area (Å²) in [6.45, 7) is 3.56. The van der Waals surface area contributed by atoms with Crippen molar-refractivity contribution >= 4 is 11.6 Å². The Kier molecular flexibility index (Phi) is 3.34. The van der Waals surface area contributed by atoms with Crippen molar-refractivity contribution in [1.82, 2.24) is 0 Å². The molecule has 78 valence electrons. The molecule has 0 saturated heterocycles. The van der Waals surface area contributed by atoms with Gasteiger partial charge < -0.3 is 10.5 Å². The maximum atomic E-state index is 13.4. The first-order chi connectivity index (χ1) is 6.49.